The molecule has 2 aromatic rings. The monoisotopic (exact) mass is 355 g/mol. The smallest absolute Gasteiger partial charge is 0.341 e. The lowest BCUT2D eigenvalue weighted by atomic mass is 10.1. The van der Waals surface area contributed by atoms with Gasteiger partial charge in [-0.05, 0) is 6.07 Å². The van der Waals surface area contributed by atoms with Gasteiger partial charge in [0.15, 0.2) is 17.5 Å². The molecule has 0 aliphatic carbocycles. The molecule has 0 bridgehead atoms. The number of rotatable bonds is 2. The fourth-order valence-electron chi connectivity index (χ4n) is 2.44. The molecular weight excluding hydrogens is 346 g/mol. The van der Waals surface area contributed by atoms with E-state index in [2.05, 4.69) is 4.99 Å². The van der Waals surface area contributed by atoms with Crippen LogP contribution in [0.15, 0.2) is 33.9 Å². The van der Waals surface area contributed by atoms with Crippen LogP contribution >= 0.6 is 0 Å². The van der Waals surface area contributed by atoms with Gasteiger partial charge >= 0.3 is 5.97 Å². The van der Waals surface area contributed by atoms with E-state index in [-0.39, 0.29) is 5.52 Å². The number of carboxylic acid groups (broad SMARTS) is 1. The van der Waals surface area contributed by atoms with Crippen molar-refractivity contribution in [3.05, 3.63) is 51.6 Å². The molecule has 0 saturated heterocycles. The minimum absolute atomic E-state index is 0.334. The summed E-state index contributed by atoms with van der Waals surface area (Å²) in [4.78, 5) is 26.9. The van der Waals surface area contributed by atoms with Crippen LogP contribution in [0.25, 0.3) is 16.7 Å². The number of carboxylic acids is 1. The molecule has 1 aliphatic rings. The molecule has 1 atom stereocenters. The lowest BCUT2D eigenvalue weighted by Crippen LogP contribution is -2.38. The van der Waals surface area contributed by atoms with E-state index in [0.717, 1.165) is 4.57 Å². The predicted molar refractivity (Wildman–Crippen MR) is 80.5 cm³/mol. The van der Waals surface area contributed by atoms with Gasteiger partial charge in [-0.3, -0.25) is 15.1 Å². The maximum Gasteiger partial charge on any atom is 0.341 e. The molecule has 0 fully saturated rings. The van der Waals surface area contributed by atoms with Crippen LogP contribution in [0, 0.1) is 11.6 Å². The zero-order valence-electron chi connectivity index (χ0n) is 12.3. The number of fused-ring (bicyclic) bond motifs is 1. The van der Waals surface area contributed by atoms with E-state index in [1.54, 1.807) is 0 Å². The summed E-state index contributed by atoms with van der Waals surface area (Å²) in [5, 5.41) is 8.61. The Hall–Kier alpha value is -3.01. The summed E-state index contributed by atoms with van der Waals surface area (Å²) < 4.78 is 55.6. The van der Waals surface area contributed by atoms with Crippen LogP contribution in [0.4, 0.5) is 17.6 Å². The van der Waals surface area contributed by atoms with Crippen LogP contribution in [0.1, 0.15) is 16.8 Å². The Bertz CT molecular complexity index is 1040. The summed E-state index contributed by atoms with van der Waals surface area (Å²) in [6, 6.07) is 1.09. The van der Waals surface area contributed by atoms with Gasteiger partial charge in [-0.1, -0.05) is 0 Å². The second kappa shape index (κ2) is 5.52. The van der Waals surface area contributed by atoms with E-state index in [1.807, 2.05) is 0 Å². The normalized spacial score (nSPS) is 20.4. The number of hydrogen-bond acceptors (Lipinski definition) is 4. The van der Waals surface area contributed by atoms with Crippen LogP contribution in [0.2, 0.25) is 0 Å². The Balaban J connectivity index is 2.41. The van der Waals surface area contributed by atoms with Crippen LogP contribution in [0.5, 0.6) is 0 Å². The van der Waals surface area contributed by atoms with Crippen molar-refractivity contribution in [2.24, 2.45) is 10.7 Å². The Morgan fingerprint density at radius 2 is 1.92 bits per heavy atom. The van der Waals surface area contributed by atoms with E-state index in [9.17, 15) is 27.2 Å². The van der Waals surface area contributed by atoms with Gasteiger partial charge in [0.25, 0.3) is 0 Å². The number of aromatic nitrogens is 1. The highest BCUT2D eigenvalue weighted by Gasteiger charge is 2.31. The van der Waals surface area contributed by atoms with E-state index >= 15 is 0 Å². The molecule has 0 saturated carbocycles. The molecule has 6 nitrogen and oxygen atoms in total. The summed E-state index contributed by atoms with van der Waals surface area (Å²) >= 11 is 0. The second-order valence-corrected chi connectivity index (χ2v) is 5.42. The average molecular weight is 355 g/mol. The van der Waals surface area contributed by atoms with Crippen LogP contribution in [0.3, 0.4) is 0 Å². The third kappa shape index (κ3) is 2.80. The van der Waals surface area contributed by atoms with Crippen molar-refractivity contribution in [1.82, 2.24) is 4.57 Å². The number of aromatic carboxylic acids is 1. The number of pyridine rings is 1. The molecule has 0 radical (unpaired) electrons. The molecule has 2 heterocycles. The highest BCUT2D eigenvalue weighted by Crippen LogP contribution is 2.30. The molecule has 3 N–H and O–H groups in total. The van der Waals surface area contributed by atoms with Crippen molar-refractivity contribution >= 4 is 28.9 Å². The molecule has 1 aromatic heterocycles. The molecule has 25 heavy (non-hydrogen) atoms. The Labute approximate surface area is 136 Å². The lowest BCUT2D eigenvalue weighted by Gasteiger charge is -2.21. The van der Waals surface area contributed by atoms with Crippen LogP contribution < -0.4 is 11.2 Å². The first kappa shape index (κ1) is 16.8. The first-order valence-electron chi connectivity index (χ1n) is 6.80. The Kier molecular flexibility index (Phi) is 3.72. The molecule has 1 aromatic carbocycles. The fourth-order valence-corrected chi connectivity index (χ4v) is 2.44. The number of benzene rings is 1. The maximum absolute atomic E-state index is 14.2. The molecular formula is C15H9F4N3O3. The molecule has 1 aliphatic heterocycles. The van der Waals surface area contributed by atoms with Crippen molar-refractivity contribution < 1.29 is 27.5 Å². The number of alkyl halides is 1. The van der Waals surface area contributed by atoms with E-state index < -0.39 is 57.8 Å². The van der Waals surface area contributed by atoms with Gasteiger partial charge in [-0.2, -0.15) is 0 Å². The lowest BCUT2D eigenvalue weighted by molar-refractivity contribution is 0.0695. The standard InChI is InChI=1S/C15H9F4N3O3/c16-8-1-6-11(2-9(8)17)22(4-7(12(6)23)14(24)25)13-10(18)3-15(19,20)5-21-13/h1-2,4-5H,3,20H2,(H,24,25). The number of carbonyl (C=O) groups is 1. The van der Waals surface area contributed by atoms with Crippen LogP contribution in [-0.4, -0.2) is 27.7 Å². The summed E-state index contributed by atoms with van der Waals surface area (Å²) in [6.45, 7) is 0. The first-order chi connectivity index (χ1) is 11.6. The average Bonchev–Trinajstić information content (AvgIpc) is 2.49. The van der Waals surface area contributed by atoms with Crippen LogP contribution in [-0.2, 0) is 0 Å². The van der Waals surface area contributed by atoms with Crippen molar-refractivity contribution in [3.63, 3.8) is 0 Å². The quantitative estimate of drug-likeness (QED) is 0.637. The second-order valence-electron chi connectivity index (χ2n) is 5.42. The predicted octanol–water partition coefficient (Wildman–Crippen LogP) is 2.17. The summed E-state index contributed by atoms with van der Waals surface area (Å²) in [6.07, 6.45) is 0.402. The van der Waals surface area contributed by atoms with Crippen molar-refractivity contribution in [1.29, 1.82) is 0 Å². The van der Waals surface area contributed by atoms with Gasteiger partial charge in [-0.15, -0.1) is 0 Å². The maximum atomic E-state index is 14.2. The fraction of sp³-hybridized carbons (Fsp3) is 0.133. The summed E-state index contributed by atoms with van der Waals surface area (Å²) in [5.41, 5.74) is 2.87. The summed E-state index contributed by atoms with van der Waals surface area (Å²) in [7, 11) is 0. The number of nitrogens with zero attached hydrogens (tertiary/aromatic N) is 2. The molecule has 0 spiro atoms. The Morgan fingerprint density at radius 1 is 1.28 bits per heavy atom. The third-order valence-electron chi connectivity index (χ3n) is 3.57. The highest BCUT2D eigenvalue weighted by atomic mass is 19.2. The van der Waals surface area contributed by atoms with Gasteiger partial charge < -0.3 is 5.11 Å². The highest BCUT2D eigenvalue weighted by molar-refractivity contribution is 5.94. The summed E-state index contributed by atoms with van der Waals surface area (Å²) in [5.74, 6) is -8.68. The largest absolute Gasteiger partial charge is 0.477 e. The number of hydrogen-bond donors (Lipinski definition) is 2. The molecule has 3 rings (SSSR count). The van der Waals surface area contributed by atoms with E-state index in [4.69, 9.17) is 10.8 Å². The molecule has 130 valence electrons. The van der Waals surface area contributed by atoms with E-state index in [0.29, 0.717) is 24.5 Å². The SMILES string of the molecule is NC1(F)C=NC(n2cc(C(=O)O)c(=O)c3cc(F)c(F)cc32)=C(F)C1. The number of halogens is 4. The Morgan fingerprint density at radius 3 is 2.52 bits per heavy atom. The van der Waals surface area contributed by atoms with E-state index in [1.165, 1.54) is 0 Å². The molecule has 0 amide bonds. The zero-order chi connectivity index (χ0) is 18.5. The van der Waals surface area contributed by atoms with Gasteiger partial charge in [-0.25, -0.2) is 27.3 Å². The molecule has 10 heteroatoms. The topological polar surface area (TPSA) is 97.7 Å². The zero-order valence-corrected chi connectivity index (χ0v) is 12.3. The molecule has 1 unspecified atom stereocenters. The van der Waals surface area contributed by atoms with Crippen molar-refractivity contribution in [3.8, 4) is 0 Å². The minimum atomic E-state index is -2.55. The van der Waals surface area contributed by atoms with Gasteiger partial charge in [0, 0.05) is 12.3 Å². The van der Waals surface area contributed by atoms with Gasteiger partial charge in [0.05, 0.1) is 23.5 Å². The first-order valence-corrected chi connectivity index (χ1v) is 6.80. The number of nitrogens with two attached hydrogens (primary N) is 1. The third-order valence-corrected chi connectivity index (χ3v) is 3.57. The number of aliphatic imine (C=N–C) groups is 1. The van der Waals surface area contributed by atoms with Gasteiger partial charge in [0.1, 0.15) is 11.4 Å². The minimum Gasteiger partial charge on any atom is -0.477 e. The van der Waals surface area contributed by atoms with Crippen molar-refractivity contribution in [2.45, 2.75) is 12.2 Å². The van der Waals surface area contributed by atoms with Crippen molar-refractivity contribution in [2.75, 3.05) is 0 Å². The van der Waals surface area contributed by atoms with Gasteiger partial charge in [0.2, 0.25) is 11.2 Å².